The van der Waals surface area contributed by atoms with E-state index in [4.69, 9.17) is 0 Å². The summed E-state index contributed by atoms with van der Waals surface area (Å²) in [5.74, 6) is 0.512. The van der Waals surface area contributed by atoms with Crippen molar-refractivity contribution in [3.8, 4) is 0 Å². The minimum absolute atomic E-state index is 0.118. The van der Waals surface area contributed by atoms with Crippen molar-refractivity contribution >= 4 is 0 Å². The van der Waals surface area contributed by atoms with E-state index < -0.39 is 11.7 Å². The van der Waals surface area contributed by atoms with Gasteiger partial charge in [-0.05, 0) is 68.1 Å². The van der Waals surface area contributed by atoms with E-state index in [1.165, 1.54) is 12.1 Å². The molecular formula is C16H22F3N. The van der Waals surface area contributed by atoms with Crippen molar-refractivity contribution in [3.63, 3.8) is 0 Å². The van der Waals surface area contributed by atoms with Crippen molar-refractivity contribution in [3.05, 3.63) is 34.9 Å². The highest BCUT2D eigenvalue weighted by molar-refractivity contribution is 5.38. The lowest BCUT2D eigenvalue weighted by molar-refractivity contribution is -0.137. The number of piperidine rings is 1. The summed E-state index contributed by atoms with van der Waals surface area (Å²) in [6, 6.07) is 4.28. The maximum atomic E-state index is 12.8. The Hall–Kier alpha value is -1.03. The zero-order valence-corrected chi connectivity index (χ0v) is 12.3. The highest BCUT2D eigenvalue weighted by atomic mass is 19.4. The largest absolute Gasteiger partial charge is 0.416 e. The monoisotopic (exact) mass is 285 g/mol. The molecule has 0 radical (unpaired) electrons. The van der Waals surface area contributed by atoms with E-state index in [2.05, 4.69) is 11.9 Å². The van der Waals surface area contributed by atoms with E-state index in [1.54, 1.807) is 6.07 Å². The summed E-state index contributed by atoms with van der Waals surface area (Å²) in [6.45, 7) is 5.97. The molecule has 1 aliphatic heterocycles. The molecule has 112 valence electrons. The van der Waals surface area contributed by atoms with Crippen LogP contribution in [0.2, 0.25) is 0 Å². The SMILES string of the molecule is CC(C)c1cc(C(F)(F)F)ccc1C1CCN(C)CC1. The molecule has 0 spiro atoms. The Kier molecular flexibility index (Phi) is 4.43. The summed E-state index contributed by atoms with van der Waals surface area (Å²) in [4.78, 5) is 2.27. The molecule has 1 heterocycles. The molecule has 1 aromatic carbocycles. The number of nitrogens with zero attached hydrogens (tertiary/aromatic N) is 1. The van der Waals surface area contributed by atoms with Crippen molar-refractivity contribution in [2.45, 2.75) is 44.7 Å². The number of alkyl halides is 3. The van der Waals surface area contributed by atoms with Gasteiger partial charge >= 0.3 is 6.18 Å². The number of hydrogen-bond acceptors (Lipinski definition) is 1. The highest BCUT2D eigenvalue weighted by Crippen LogP contribution is 2.37. The van der Waals surface area contributed by atoms with Gasteiger partial charge in [0.05, 0.1) is 5.56 Å². The summed E-state index contributed by atoms with van der Waals surface area (Å²) in [7, 11) is 2.09. The molecule has 1 aromatic rings. The number of hydrogen-bond donors (Lipinski definition) is 0. The van der Waals surface area contributed by atoms with Gasteiger partial charge in [-0.25, -0.2) is 0 Å². The van der Waals surface area contributed by atoms with Crippen LogP contribution in [0.25, 0.3) is 0 Å². The van der Waals surface area contributed by atoms with Gasteiger partial charge in [0.2, 0.25) is 0 Å². The first kappa shape index (κ1) is 15.4. The zero-order valence-electron chi connectivity index (χ0n) is 12.3. The molecule has 0 amide bonds. The van der Waals surface area contributed by atoms with Crippen LogP contribution in [0.15, 0.2) is 18.2 Å². The van der Waals surface area contributed by atoms with Crippen molar-refractivity contribution in [2.75, 3.05) is 20.1 Å². The third-order valence-electron chi connectivity index (χ3n) is 4.19. The van der Waals surface area contributed by atoms with Gasteiger partial charge in [0.25, 0.3) is 0 Å². The van der Waals surface area contributed by atoms with Crippen LogP contribution in [-0.4, -0.2) is 25.0 Å². The van der Waals surface area contributed by atoms with Gasteiger partial charge in [-0.15, -0.1) is 0 Å². The molecule has 20 heavy (non-hydrogen) atoms. The Morgan fingerprint density at radius 1 is 1.15 bits per heavy atom. The molecule has 0 N–H and O–H groups in total. The van der Waals surface area contributed by atoms with Gasteiger partial charge in [-0.3, -0.25) is 0 Å². The third kappa shape index (κ3) is 3.35. The minimum atomic E-state index is -4.26. The fourth-order valence-electron chi connectivity index (χ4n) is 2.94. The van der Waals surface area contributed by atoms with Gasteiger partial charge in [0.15, 0.2) is 0 Å². The smallest absolute Gasteiger partial charge is 0.306 e. The highest BCUT2D eigenvalue weighted by Gasteiger charge is 2.32. The molecule has 0 atom stereocenters. The van der Waals surface area contributed by atoms with Crippen molar-refractivity contribution in [2.24, 2.45) is 0 Å². The summed E-state index contributed by atoms with van der Waals surface area (Å²) in [6.07, 6.45) is -2.20. The van der Waals surface area contributed by atoms with Crippen LogP contribution in [-0.2, 0) is 6.18 Å². The number of rotatable bonds is 2. The Morgan fingerprint density at radius 3 is 2.25 bits per heavy atom. The molecule has 1 saturated heterocycles. The number of halogens is 3. The maximum absolute atomic E-state index is 12.8. The average molecular weight is 285 g/mol. The van der Waals surface area contributed by atoms with Gasteiger partial charge < -0.3 is 4.90 Å². The lowest BCUT2D eigenvalue weighted by Gasteiger charge is -2.31. The summed E-state index contributed by atoms with van der Waals surface area (Å²) >= 11 is 0. The number of benzene rings is 1. The van der Waals surface area contributed by atoms with E-state index in [0.29, 0.717) is 5.92 Å². The predicted octanol–water partition coefficient (Wildman–Crippen LogP) is 4.64. The van der Waals surface area contributed by atoms with E-state index in [9.17, 15) is 13.2 Å². The summed E-state index contributed by atoms with van der Waals surface area (Å²) in [5, 5.41) is 0. The second-order valence-corrected chi connectivity index (χ2v) is 6.07. The van der Waals surface area contributed by atoms with Crippen molar-refractivity contribution in [1.82, 2.24) is 4.90 Å². The predicted molar refractivity (Wildman–Crippen MR) is 75.0 cm³/mol. The molecule has 0 saturated carbocycles. The summed E-state index contributed by atoms with van der Waals surface area (Å²) in [5.41, 5.74) is 1.44. The molecule has 4 heteroatoms. The Labute approximate surface area is 118 Å². The third-order valence-corrected chi connectivity index (χ3v) is 4.19. The second kappa shape index (κ2) is 5.76. The molecule has 0 aliphatic carbocycles. The molecule has 1 nitrogen and oxygen atoms in total. The molecular weight excluding hydrogens is 263 g/mol. The Bertz CT molecular complexity index is 457. The van der Waals surface area contributed by atoms with Gasteiger partial charge in [-0.1, -0.05) is 19.9 Å². The minimum Gasteiger partial charge on any atom is -0.306 e. The average Bonchev–Trinajstić information content (AvgIpc) is 2.38. The van der Waals surface area contributed by atoms with Crippen molar-refractivity contribution in [1.29, 1.82) is 0 Å². The zero-order chi connectivity index (χ0) is 14.9. The second-order valence-electron chi connectivity index (χ2n) is 6.07. The molecule has 2 rings (SSSR count). The van der Waals surface area contributed by atoms with Gasteiger partial charge in [-0.2, -0.15) is 13.2 Å². The van der Waals surface area contributed by atoms with E-state index in [1.807, 2.05) is 13.8 Å². The lowest BCUT2D eigenvalue weighted by Crippen LogP contribution is -2.29. The van der Waals surface area contributed by atoms with Crippen LogP contribution in [0, 0.1) is 0 Å². The lowest BCUT2D eigenvalue weighted by atomic mass is 9.82. The van der Waals surface area contributed by atoms with Crippen LogP contribution in [0.5, 0.6) is 0 Å². The quantitative estimate of drug-likeness (QED) is 0.765. The Morgan fingerprint density at radius 2 is 1.75 bits per heavy atom. The first-order valence-electron chi connectivity index (χ1n) is 7.18. The van der Waals surface area contributed by atoms with E-state index >= 15 is 0 Å². The molecule has 1 aliphatic rings. The van der Waals surface area contributed by atoms with E-state index in [0.717, 1.165) is 37.1 Å². The van der Waals surface area contributed by atoms with Crippen LogP contribution in [0.4, 0.5) is 13.2 Å². The molecule has 1 fully saturated rings. The van der Waals surface area contributed by atoms with Crippen LogP contribution in [0.1, 0.15) is 55.2 Å². The van der Waals surface area contributed by atoms with E-state index in [-0.39, 0.29) is 5.92 Å². The standard InChI is InChI=1S/C16H22F3N/c1-11(2)15-10-13(16(17,18)19)4-5-14(15)12-6-8-20(3)9-7-12/h4-5,10-12H,6-9H2,1-3H3. The fourth-order valence-corrected chi connectivity index (χ4v) is 2.94. The molecule has 0 unspecified atom stereocenters. The number of likely N-dealkylation sites (tertiary alicyclic amines) is 1. The van der Waals surface area contributed by atoms with Crippen LogP contribution < -0.4 is 0 Å². The first-order chi connectivity index (χ1) is 9.29. The van der Waals surface area contributed by atoms with Gasteiger partial charge in [0, 0.05) is 0 Å². The van der Waals surface area contributed by atoms with Crippen molar-refractivity contribution < 1.29 is 13.2 Å². The normalized spacial score (nSPS) is 18.8. The Balaban J connectivity index is 2.33. The fraction of sp³-hybridized carbons (Fsp3) is 0.625. The maximum Gasteiger partial charge on any atom is 0.416 e. The van der Waals surface area contributed by atoms with Gasteiger partial charge in [0.1, 0.15) is 0 Å². The molecule has 0 bridgehead atoms. The topological polar surface area (TPSA) is 3.24 Å². The van der Waals surface area contributed by atoms with Crippen LogP contribution in [0.3, 0.4) is 0 Å². The van der Waals surface area contributed by atoms with Crippen LogP contribution >= 0.6 is 0 Å². The molecule has 0 aromatic heterocycles. The summed E-state index contributed by atoms with van der Waals surface area (Å²) < 4.78 is 38.5. The first-order valence-corrected chi connectivity index (χ1v) is 7.18.